The van der Waals surface area contributed by atoms with E-state index in [1.54, 1.807) is 6.07 Å². The topological polar surface area (TPSA) is 21.8 Å². The molecule has 0 saturated carbocycles. The maximum absolute atomic E-state index is 13.4. The highest BCUT2D eigenvalue weighted by Gasteiger charge is 2.57. The predicted molar refractivity (Wildman–Crippen MR) is 48.7 cm³/mol. The van der Waals surface area contributed by atoms with Crippen molar-refractivity contribution in [1.82, 2.24) is 0 Å². The van der Waals surface area contributed by atoms with Crippen LogP contribution in [0.5, 0.6) is 5.75 Å². The minimum atomic E-state index is -0.417. The average Bonchev–Trinajstić information content (AvgIpc) is 2.87. The van der Waals surface area contributed by atoms with E-state index in [1.165, 1.54) is 6.07 Å². The second-order valence-corrected chi connectivity index (χ2v) is 4.34. The number of fused-ring (bicyclic) bond motifs is 3. The Morgan fingerprint density at radius 2 is 2.14 bits per heavy atom. The van der Waals surface area contributed by atoms with E-state index in [4.69, 9.17) is 9.47 Å². The van der Waals surface area contributed by atoms with Crippen LogP contribution in [0.2, 0.25) is 0 Å². The number of halogens is 1. The third kappa shape index (κ3) is 0.932. The monoisotopic (exact) mass is 194 g/mol. The van der Waals surface area contributed by atoms with E-state index in [-0.39, 0.29) is 18.0 Å². The van der Waals surface area contributed by atoms with Crippen LogP contribution in [-0.2, 0) is 4.74 Å². The highest BCUT2D eigenvalue weighted by Crippen LogP contribution is 2.54. The lowest BCUT2D eigenvalue weighted by molar-refractivity contribution is 0.0679. The van der Waals surface area contributed by atoms with E-state index in [1.807, 2.05) is 19.9 Å². The summed E-state index contributed by atoms with van der Waals surface area (Å²) in [5.74, 6) is 0.0563. The summed E-state index contributed by atoms with van der Waals surface area (Å²) in [6.07, 6.45) is 0.112. The van der Waals surface area contributed by atoms with Crippen molar-refractivity contribution in [3.8, 4) is 5.75 Å². The molecule has 2 aliphatic heterocycles. The van der Waals surface area contributed by atoms with Gasteiger partial charge < -0.3 is 9.47 Å². The lowest BCUT2D eigenvalue weighted by atomic mass is 9.94. The Hall–Kier alpha value is -1.09. The summed E-state index contributed by atoms with van der Waals surface area (Å²) >= 11 is 0. The first-order chi connectivity index (χ1) is 6.59. The number of benzene rings is 1. The van der Waals surface area contributed by atoms with Gasteiger partial charge in [-0.15, -0.1) is 0 Å². The van der Waals surface area contributed by atoms with E-state index >= 15 is 0 Å². The van der Waals surface area contributed by atoms with E-state index in [2.05, 4.69) is 0 Å². The smallest absolute Gasteiger partial charge is 0.165 e. The van der Waals surface area contributed by atoms with Crippen molar-refractivity contribution < 1.29 is 13.9 Å². The summed E-state index contributed by atoms with van der Waals surface area (Å²) in [7, 11) is 0. The first-order valence-electron chi connectivity index (χ1n) is 4.72. The predicted octanol–water partition coefficient (Wildman–Crippen LogP) is 2.44. The molecule has 14 heavy (non-hydrogen) atoms. The molecular formula is C11H11FO2. The average molecular weight is 194 g/mol. The maximum atomic E-state index is 13.4. The molecule has 0 unspecified atom stereocenters. The number of ether oxygens (including phenoxy) is 2. The molecular weight excluding hydrogens is 183 g/mol. The summed E-state index contributed by atoms with van der Waals surface area (Å²) in [6, 6.07) is 4.96. The van der Waals surface area contributed by atoms with Gasteiger partial charge in [-0.2, -0.15) is 0 Å². The molecule has 1 saturated heterocycles. The summed E-state index contributed by atoms with van der Waals surface area (Å²) in [5.41, 5.74) is 0.425. The van der Waals surface area contributed by atoms with Gasteiger partial charge in [-0.1, -0.05) is 12.1 Å². The Morgan fingerprint density at radius 3 is 2.93 bits per heavy atom. The molecule has 0 N–H and O–H groups in total. The highest BCUT2D eigenvalue weighted by atomic mass is 19.1. The minimum absolute atomic E-state index is 0.0319. The van der Waals surface area contributed by atoms with E-state index < -0.39 is 5.60 Å². The zero-order chi connectivity index (χ0) is 9.92. The fourth-order valence-electron chi connectivity index (χ4n) is 2.06. The largest absolute Gasteiger partial charge is 0.482 e. The lowest BCUT2D eigenvalue weighted by Gasteiger charge is -2.29. The van der Waals surface area contributed by atoms with Gasteiger partial charge in [-0.25, -0.2) is 4.39 Å². The fourth-order valence-corrected chi connectivity index (χ4v) is 2.06. The molecule has 3 heteroatoms. The third-order valence-corrected chi connectivity index (χ3v) is 2.85. The molecule has 74 valence electrons. The van der Waals surface area contributed by atoms with Crippen molar-refractivity contribution in [3.05, 3.63) is 29.6 Å². The second-order valence-electron chi connectivity index (χ2n) is 4.34. The van der Waals surface area contributed by atoms with E-state index in [0.29, 0.717) is 5.75 Å². The quantitative estimate of drug-likeness (QED) is 0.592. The van der Waals surface area contributed by atoms with Crippen LogP contribution in [0.3, 0.4) is 0 Å². The molecule has 3 rings (SSSR count). The first kappa shape index (κ1) is 8.24. The number of epoxide rings is 1. The van der Waals surface area contributed by atoms with Crippen molar-refractivity contribution in [3.63, 3.8) is 0 Å². The second kappa shape index (κ2) is 2.28. The Kier molecular flexibility index (Phi) is 1.34. The third-order valence-electron chi connectivity index (χ3n) is 2.85. The Labute approximate surface area is 81.6 Å². The van der Waals surface area contributed by atoms with Crippen LogP contribution in [0.4, 0.5) is 4.39 Å². The van der Waals surface area contributed by atoms with Crippen molar-refractivity contribution >= 4 is 0 Å². The molecule has 0 bridgehead atoms. The van der Waals surface area contributed by atoms with Crippen LogP contribution in [0, 0.1) is 5.82 Å². The molecule has 2 atom stereocenters. The van der Waals surface area contributed by atoms with Gasteiger partial charge in [0, 0.05) is 5.56 Å². The van der Waals surface area contributed by atoms with Gasteiger partial charge >= 0.3 is 0 Å². The van der Waals surface area contributed by atoms with Crippen molar-refractivity contribution in [1.29, 1.82) is 0 Å². The molecule has 0 aliphatic carbocycles. The molecule has 0 aromatic heterocycles. The normalized spacial score (nSPS) is 31.4. The number of para-hydroxylation sites is 1. The summed E-state index contributed by atoms with van der Waals surface area (Å²) in [6.45, 7) is 3.85. The minimum Gasteiger partial charge on any atom is -0.482 e. The van der Waals surface area contributed by atoms with Crippen molar-refractivity contribution in [2.75, 3.05) is 0 Å². The molecule has 1 aromatic rings. The molecule has 2 heterocycles. The van der Waals surface area contributed by atoms with Gasteiger partial charge in [0.25, 0.3) is 0 Å². The summed E-state index contributed by atoms with van der Waals surface area (Å²) < 4.78 is 24.5. The SMILES string of the molecule is CC1(C)Oc2c(F)cccc2[C@H]2O[C@H]21. The van der Waals surface area contributed by atoms with Gasteiger partial charge in [-0.05, 0) is 19.9 Å². The highest BCUT2D eigenvalue weighted by molar-refractivity contribution is 5.43. The standard InChI is InChI=1S/C11H11FO2/c1-11(2)10-9(13-10)6-4-3-5-7(12)8(6)14-11/h3-5,9-10H,1-2H3/t9-,10-/m1/s1. The van der Waals surface area contributed by atoms with Crippen LogP contribution in [0.15, 0.2) is 18.2 Å². The Bertz CT molecular complexity index is 400. The molecule has 2 nitrogen and oxygen atoms in total. The number of hydrogen-bond acceptors (Lipinski definition) is 2. The molecule has 0 amide bonds. The van der Waals surface area contributed by atoms with Crippen molar-refractivity contribution in [2.45, 2.75) is 31.7 Å². The van der Waals surface area contributed by atoms with Crippen molar-refractivity contribution in [2.24, 2.45) is 0 Å². The first-order valence-corrected chi connectivity index (χ1v) is 4.72. The van der Waals surface area contributed by atoms with Crippen LogP contribution in [0.1, 0.15) is 25.5 Å². The van der Waals surface area contributed by atoms with Gasteiger partial charge in [0.2, 0.25) is 0 Å². The molecule has 1 fully saturated rings. The Balaban J connectivity index is 2.15. The summed E-state index contributed by atoms with van der Waals surface area (Å²) in [5, 5.41) is 0. The van der Waals surface area contributed by atoms with Crippen LogP contribution in [-0.4, -0.2) is 11.7 Å². The molecule has 1 aromatic carbocycles. The van der Waals surface area contributed by atoms with Gasteiger partial charge in [-0.3, -0.25) is 0 Å². The van der Waals surface area contributed by atoms with Crippen LogP contribution in [0.25, 0.3) is 0 Å². The fraction of sp³-hybridized carbons (Fsp3) is 0.455. The zero-order valence-corrected chi connectivity index (χ0v) is 8.08. The van der Waals surface area contributed by atoms with Gasteiger partial charge in [0.05, 0.1) is 0 Å². The summed E-state index contributed by atoms with van der Waals surface area (Å²) in [4.78, 5) is 0. The van der Waals surface area contributed by atoms with Gasteiger partial charge in [0.15, 0.2) is 11.6 Å². The number of rotatable bonds is 0. The Morgan fingerprint density at radius 1 is 1.36 bits per heavy atom. The van der Waals surface area contributed by atoms with E-state index in [9.17, 15) is 4.39 Å². The van der Waals surface area contributed by atoms with Gasteiger partial charge in [0.1, 0.15) is 17.8 Å². The van der Waals surface area contributed by atoms with E-state index in [0.717, 1.165) is 5.56 Å². The zero-order valence-electron chi connectivity index (χ0n) is 8.08. The molecule has 0 spiro atoms. The number of hydrogen-bond donors (Lipinski definition) is 0. The lowest BCUT2D eigenvalue weighted by Crippen LogP contribution is -2.38. The molecule has 0 radical (unpaired) electrons. The molecule has 2 aliphatic rings. The maximum Gasteiger partial charge on any atom is 0.165 e. The van der Waals surface area contributed by atoms with Crippen LogP contribution < -0.4 is 4.74 Å². The van der Waals surface area contributed by atoms with Crippen LogP contribution >= 0.6 is 0 Å².